The second kappa shape index (κ2) is 9.55. The number of pyridine rings is 1. The van der Waals surface area contributed by atoms with Crippen LogP contribution in [-0.4, -0.2) is 52.9 Å². The van der Waals surface area contributed by atoms with Crippen LogP contribution in [0.4, 0.5) is 0 Å². The van der Waals surface area contributed by atoms with Gasteiger partial charge in [-0.3, -0.25) is 19.6 Å². The summed E-state index contributed by atoms with van der Waals surface area (Å²) in [4.78, 5) is 22.0. The second-order valence-corrected chi connectivity index (χ2v) is 8.39. The zero-order valence-electron chi connectivity index (χ0n) is 17.3. The van der Waals surface area contributed by atoms with Gasteiger partial charge in [-0.15, -0.1) is 0 Å². The summed E-state index contributed by atoms with van der Waals surface area (Å²) in [5.74, 6) is 2.31. The minimum absolute atomic E-state index is 0.0941. The molecule has 0 spiro atoms. The van der Waals surface area contributed by atoms with Gasteiger partial charge in [-0.2, -0.15) is 0 Å². The summed E-state index contributed by atoms with van der Waals surface area (Å²) >= 11 is 0. The van der Waals surface area contributed by atoms with Crippen LogP contribution in [0, 0.1) is 12.8 Å². The van der Waals surface area contributed by atoms with Crippen molar-refractivity contribution in [3.8, 4) is 0 Å². The summed E-state index contributed by atoms with van der Waals surface area (Å²) in [5.41, 5.74) is 0.910. The van der Waals surface area contributed by atoms with Crippen molar-refractivity contribution >= 4 is 5.91 Å². The van der Waals surface area contributed by atoms with Gasteiger partial charge in [-0.25, -0.2) is 0 Å². The molecule has 6 heteroatoms. The van der Waals surface area contributed by atoms with Crippen molar-refractivity contribution in [1.29, 1.82) is 0 Å². The van der Waals surface area contributed by atoms with E-state index in [1.165, 1.54) is 12.8 Å². The van der Waals surface area contributed by atoms with Crippen molar-refractivity contribution in [2.24, 2.45) is 5.92 Å². The van der Waals surface area contributed by atoms with E-state index >= 15 is 0 Å². The lowest BCUT2D eigenvalue weighted by Gasteiger charge is -2.41. The number of aryl methyl sites for hydroxylation is 1. The Balaban J connectivity index is 1.23. The van der Waals surface area contributed by atoms with Gasteiger partial charge >= 0.3 is 0 Å². The Kier molecular flexibility index (Phi) is 6.62. The Hall–Kier alpha value is -2.18. The first kappa shape index (κ1) is 20.1. The normalized spacial score (nSPS) is 21.9. The van der Waals surface area contributed by atoms with E-state index in [-0.39, 0.29) is 11.8 Å². The SMILES string of the molecule is Cc1ccc(CN2CCC(N3CCC[C@H](C(=O)NCc4ccccn4)C3)CC2)o1. The lowest BCUT2D eigenvalue weighted by atomic mass is 9.93. The molecule has 2 aromatic rings. The molecule has 4 rings (SSSR count). The first-order chi connectivity index (χ1) is 14.2. The van der Waals surface area contributed by atoms with E-state index in [4.69, 9.17) is 4.42 Å². The maximum absolute atomic E-state index is 12.7. The smallest absolute Gasteiger partial charge is 0.224 e. The highest BCUT2D eigenvalue weighted by Crippen LogP contribution is 2.25. The molecular formula is C23H32N4O2. The van der Waals surface area contributed by atoms with E-state index in [0.717, 1.165) is 62.8 Å². The molecule has 0 bridgehead atoms. The summed E-state index contributed by atoms with van der Waals surface area (Å²) in [6, 6.07) is 10.5. The Bertz CT molecular complexity index is 783. The minimum atomic E-state index is 0.0941. The third kappa shape index (κ3) is 5.46. The number of nitrogens with one attached hydrogen (secondary N) is 1. The molecule has 2 saturated heterocycles. The Morgan fingerprint density at radius 2 is 2.03 bits per heavy atom. The molecule has 1 N–H and O–H groups in total. The van der Waals surface area contributed by atoms with E-state index in [9.17, 15) is 4.79 Å². The van der Waals surface area contributed by atoms with E-state index in [0.29, 0.717) is 12.6 Å². The van der Waals surface area contributed by atoms with Crippen molar-refractivity contribution in [1.82, 2.24) is 20.1 Å². The van der Waals surface area contributed by atoms with Crippen LogP contribution in [0.25, 0.3) is 0 Å². The van der Waals surface area contributed by atoms with Crippen LogP contribution in [0.15, 0.2) is 40.9 Å². The highest BCUT2D eigenvalue weighted by atomic mass is 16.3. The fraction of sp³-hybridized carbons (Fsp3) is 0.565. The molecule has 2 aliphatic heterocycles. The Morgan fingerprint density at radius 3 is 2.76 bits per heavy atom. The first-order valence-electron chi connectivity index (χ1n) is 10.9. The van der Waals surface area contributed by atoms with Crippen LogP contribution in [0.3, 0.4) is 0 Å². The highest BCUT2D eigenvalue weighted by molar-refractivity contribution is 5.78. The van der Waals surface area contributed by atoms with Crippen molar-refractivity contribution in [2.45, 2.75) is 51.7 Å². The van der Waals surface area contributed by atoms with E-state index in [1.54, 1.807) is 6.20 Å². The summed E-state index contributed by atoms with van der Waals surface area (Å²) in [6.45, 7) is 7.60. The maximum atomic E-state index is 12.7. The van der Waals surface area contributed by atoms with Gasteiger partial charge in [-0.05, 0) is 63.4 Å². The standard InChI is InChI=1S/C23H32N4O2/c1-18-7-8-22(29-18)17-26-13-9-21(10-14-26)27-12-4-5-19(16-27)23(28)25-15-20-6-2-3-11-24-20/h2-3,6-8,11,19,21H,4-5,9-10,12-17H2,1H3,(H,25,28)/t19-/m0/s1. The number of furan rings is 1. The van der Waals surface area contributed by atoms with Crippen molar-refractivity contribution in [2.75, 3.05) is 26.2 Å². The monoisotopic (exact) mass is 396 g/mol. The molecule has 2 aromatic heterocycles. The quantitative estimate of drug-likeness (QED) is 0.813. The highest BCUT2D eigenvalue weighted by Gasteiger charge is 2.31. The van der Waals surface area contributed by atoms with Crippen LogP contribution >= 0.6 is 0 Å². The van der Waals surface area contributed by atoms with Gasteiger partial charge < -0.3 is 9.73 Å². The fourth-order valence-electron chi connectivity index (χ4n) is 4.61. The van der Waals surface area contributed by atoms with Crippen LogP contribution in [-0.2, 0) is 17.9 Å². The van der Waals surface area contributed by atoms with Gasteiger partial charge in [-0.1, -0.05) is 6.07 Å². The van der Waals surface area contributed by atoms with Crippen molar-refractivity contribution in [3.05, 3.63) is 53.7 Å². The van der Waals surface area contributed by atoms with Gasteiger partial charge in [0, 0.05) is 31.9 Å². The number of carbonyl (C=O) groups is 1. The zero-order chi connectivity index (χ0) is 20.1. The van der Waals surface area contributed by atoms with Gasteiger partial charge in [0.05, 0.1) is 24.7 Å². The molecule has 1 amide bonds. The van der Waals surface area contributed by atoms with Crippen LogP contribution in [0.2, 0.25) is 0 Å². The first-order valence-corrected chi connectivity index (χ1v) is 10.9. The number of aromatic nitrogens is 1. The van der Waals surface area contributed by atoms with Gasteiger partial charge in [0.2, 0.25) is 5.91 Å². The number of piperidine rings is 2. The lowest BCUT2D eigenvalue weighted by Crippen LogP contribution is -2.50. The topological polar surface area (TPSA) is 61.6 Å². The number of carbonyl (C=O) groups excluding carboxylic acids is 1. The molecule has 1 atom stereocenters. The molecule has 0 unspecified atom stereocenters. The maximum Gasteiger partial charge on any atom is 0.224 e. The lowest BCUT2D eigenvalue weighted by molar-refractivity contribution is -0.127. The number of hydrogen-bond donors (Lipinski definition) is 1. The predicted molar refractivity (Wildman–Crippen MR) is 112 cm³/mol. The molecule has 2 aliphatic rings. The molecular weight excluding hydrogens is 364 g/mol. The summed E-state index contributed by atoms with van der Waals surface area (Å²) in [6.07, 6.45) is 6.20. The number of nitrogens with zero attached hydrogens (tertiary/aromatic N) is 3. The number of rotatable bonds is 6. The van der Waals surface area contributed by atoms with Gasteiger partial charge in [0.25, 0.3) is 0 Å². The minimum Gasteiger partial charge on any atom is -0.465 e. The average molecular weight is 397 g/mol. The average Bonchev–Trinajstić information content (AvgIpc) is 3.18. The molecule has 6 nitrogen and oxygen atoms in total. The molecule has 0 radical (unpaired) electrons. The van der Waals surface area contributed by atoms with Gasteiger partial charge in [0.15, 0.2) is 0 Å². The molecule has 0 saturated carbocycles. The molecule has 156 valence electrons. The fourth-order valence-corrected chi connectivity index (χ4v) is 4.61. The van der Waals surface area contributed by atoms with Crippen molar-refractivity contribution < 1.29 is 9.21 Å². The second-order valence-electron chi connectivity index (χ2n) is 8.39. The van der Waals surface area contributed by atoms with Crippen LogP contribution in [0.1, 0.15) is 42.9 Å². The molecule has 0 aromatic carbocycles. The summed E-state index contributed by atoms with van der Waals surface area (Å²) in [7, 11) is 0. The van der Waals surface area contributed by atoms with Crippen molar-refractivity contribution in [3.63, 3.8) is 0 Å². The molecule has 29 heavy (non-hydrogen) atoms. The Labute approximate surface area is 173 Å². The number of likely N-dealkylation sites (tertiary alicyclic amines) is 2. The third-order valence-corrected chi connectivity index (χ3v) is 6.24. The summed E-state index contributed by atoms with van der Waals surface area (Å²) < 4.78 is 5.72. The predicted octanol–water partition coefficient (Wildman–Crippen LogP) is 2.98. The third-order valence-electron chi connectivity index (χ3n) is 6.24. The zero-order valence-corrected chi connectivity index (χ0v) is 17.3. The van der Waals surface area contributed by atoms with Crippen LogP contribution in [0.5, 0.6) is 0 Å². The Morgan fingerprint density at radius 1 is 1.17 bits per heavy atom. The molecule has 4 heterocycles. The summed E-state index contributed by atoms with van der Waals surface area (Å²) in [5, 5.41) is 3.08. The number of hydrogen-bond acceptors (Lipinski definition) is 5. The molecule has 2 fully saturated rings. The van der Waals surface area contributed by atoms with E-state index in [2.05, 4.69) is 26.2 Å². The molecule has 0 aliphatic carbocycles. The van der Waals surface area contributed by atoms with Gasteiger partial charge in [0.1, 0.15) is 11.5 Å². The van der Waals surface area contributed by atoms with E-state index in [1.807, 2.05) is 31.2 Å². The number of amides is 1. The van der Waals surface area contributed by atoms with Crippen LogP contribution < -0.4 is 5.32 Å². The largest absolute Gasteiger partial charge is 0.465 e. The van der Waals surface area contributed by atoms with E-state index < -0.39 is 0 Å².